The summed E-state index contributed by atoms with van der Waals surface area (Å²) in [6.07, 6.45) is 0. The van der Waals surface area contributed by atoms with E-state index in [4.69, 9.17) is 33.2 Å². The molecule has 5 rings (SSSR count). The number of rotatable bonds is 5. The van der Waals surface area contributed by atoms with Gasteiger partial charge in [0.05, 0.1) is 23.7 Å². The summed E-state index contributed by atoms with van der Waals surface area (Å²) in [5.41, 5.74) is 6.00. The van der Waals surface area contributed by atoms with Crippen molar-refractivity contribution in [2.75, 3.05) is 25.7 Å². The molecule has 0 atom stereocenters. The average Bonchev–Trinajstić information content (AvgIpc) is 3.09. The Morgan fingerprint density at radius 2 is 1.42 bits per heavy atom. The summed E-state index contributed by atoms with van der Waals surface area (Å²) >= 11 is 12.4. The van der Waals surface area contributed by atoms with Crippen LogP contribution >= 0.6 is 23.2 Å². The van der Waals surface area contributed by atoms with Crippen LogP contribution in [0.2, 0.25) is 10.0 Å². The van der Waals surface area contributed by atoms with Crippen LogP contribution in [0.25, 0.3) is 22.5 Å². The van der Waals surface area contributed by atoms with Gasteiger partial charge in [-0.3, -0.25) is 14.6 Å². The highest BCUT2D eigenvalue weighted by molar-refractivity contribution is 6.55. The Morgan fingerprint density at radius 3 is 2.03 bits per heavy atom. The van der Waals surface area contributed by atoms with Gasteiger partial charge in [-0.05, 0) is 57.4 Å². The molecule has 6 nitrogen and oxygen atoms in total. The van der Waals surface area contributed by atoms with Gasteiger partial charge in [0, 0.05) is 26.7 Å². The minimum absolute atomic E-state index is 0.194. The molecule has 36 heavy (non-hydrogen) atoms. The molecule has 3 aromatic carbocycles. The Morgan fingerprint density at radius 1 is 0.833 bits per heavy atom. The molecule has 0 fully saturated rings. The fraction of sp³-hybridized carbons (Fsp3) is 0.143. The zero-order valence-corrected chi connectivity index (χ0v) is 21.5. The Balaban J connectivity index is 1.67. The highest BCUT2D eigenvalue weighted by Gasteiger charge is 2.34. The second kappa shape index (κ2) is 9.82. The third kappa shape index (κ3) is 4.88. The van der Waals surface area contributed by atoms with Crippen molar-refractivity contribution in [1.82, 2.24) is 14.9 Å². The second-order valence-electron chi connectivity index (χ2n) is 8.89. The van der Waals surface area contributed by atoms with Crippen molar-refractivity contribution < 1.29 is 4.79 Å². The maximum Gasteiger partial charge on any atom is 0.278 e. The molecule has 1 aromatic heterocycles. The summed E-state index contributed by atoms with van der Waals surface area (Å²) in [6, 6.07) is 22.8. The van der Waals surface area contributed by atoms with Gasteiger partial charge in [0.15, 0.2) is 0 Å². The molecular weight excluding hydrogens is 493 g/mol. The maximum absolute atomic E-state index is 13.5. The smallest absolute Gasteiger partial charge is 0.278 e. The first-order valence-electron chi connectivity index (χ1n) is 11.4. The lowest BCUT2D eigenvalue weighted by molar-refractivity contribution is -0.112. The number of aryl methyl sites for hydroxylation is 1. The van der Waals surface area contributed by atoms with Gasteiger partial charge in [-0.1, -0.05) is 65.2 Å². The molecule has 0 radical (unpaired) electrons. The number of anilines is 1. The van der Waals surface area contributed by atoms with Crippen molar-refractivity contribution in [3.8, 4) is 22.5 Å². The molecule has 0 N–H and O–H groups in total. The van der Waals surface area contributed by atoms with Gasteiger partial charge in [0.2, 0.25) is 0 Å². The highest BCUT2D eigenvalue weighted by Crippen LogP contribution is 2.34. The summed E-state index contributed by atoms with van der Waals surface area (Å²) < 4.78 is 0. The lowest BCUT2D eigenvalue weighted by Crippen LogP contribution is -2.37. The summed E-state index contributed by atoms with van der Waals surface area (Å²) in [5.74, 6) is -0.0302. The minimum Gasteiger partial charge on any atom is -0.293 e. The maximum atomic E-state index is 13.5. The van der Waals surface area contributed by atoms with Gasteiger partial charge in [-0.2, -0.15) is 0 Å². The van der Waals surface area contributed by atoms with E-state index in [0.717, 1.165) is 22.4 Å². The van der Waals surface area contributed by atoms with Gasteiger partial charge in [0.25, 0.3) is 11.9 Å². The lowest BCUT2D eigenvalue weighted by Gasteiger charge is -2.21. The molecule has 1 amide bonds. The quantitative estimate of drug-likeness (QED) is 0.308. The third-order valence-corrected chi connectivity index (χ3v) is 6.28. The van der Waals surface area contributed by atoms with Crippen LogP contribution in [0.5, 0.6) is 0 Å². The first kappa shape index (κ1) is 24.1. The SMILES string of the molecule is Cc1ccc(-c2cc(-c3ccc(Cl)cc3)nc(/N=C3\C(=O)N(CN(C)C)c4ccc(Cl)cc43)n2)cc1. The summed E-state index contributed by atoms with van der Waals surface area (Å²) in [6.45, 7) is 2.45. The summed E-state index contributed by atoms with van der Waals surface area (Å²) in [4.78, 5) is 31.2. The van der Waals surface area contributed by atoms with Gasteiger partial charge in [0.1, 0.15) is 5.71 Å². The predicted molar refractivity (Wildman–Crippen MR) is 146 cm³/mol. The van der Waals surface area contributed by atoms with E-state index >= 15 is 0 Å². The van der Waals surface area contributed by atoms with E-state index in [1.807, 2.05) is 86.6 Å². The van der Waals surface area contributed by atoms with Crippen LogP contribution in [0.15, 0.2) is 77.8 Å². The van der Waals surface area contributed by atoms with E-state index in [2.05, 4.69) is 4.99 Å². The molecule has 0 saturated carbocycles. The predicted octanol–water partition coefficient (Wildman–Crippen LogP) is 6.41. The number of amides is 1. The van der Waals surface area contributed by atoms with Gasteiger partial charge in [-0.15, -0.1) is 0 Å². The van der Waals surface area contributed by atoms with Crippen molar-refractivity contribution in [3.63, 3.8) is 0 Å². The van der Waals surface area contributed by atoms with Crippen LogP contribution in [0, 0.1) is 6.92 Å². The number of hydrogen-bond acceptors (Lipinski definition) is 5. The molecule has 0 aliphatic carbocycles. The van der Waals surface area contributed by atoms with E-state index in [0.29, 0.717) is 33.7 Å². The fourth-order valence-electron chi connectivity index (χ4n) is 4.04. The zero-order valence-electron chi connectivity index (χ0n) is 20.0. The van der Waals surface area contributed by atoms with E-state index in [1.165, 1.54) is 0 Å². The summed E-state index contributed by atoms with van der Waals surface area (Å²) in [7, 11) is 3.81. The molecule has 0 saturated heterocycles. The number of carbonyl (C=O) groups excluding carboxylic acids is 1. The van der Waals surface area contributed by atoms with Crippen molar-refractivity contribution in [2.24, 2.45) is 4.99 Å². The van der Waals surface area contributed by atoms with Crippen molar-refractivity contribution in [3.05, 3.63) is 94.0 Å². The van der Waals surface area contributed by atoms with Crippen LogP contribution in [0.3, 0.4) is 0 Å². The average molecular weight is 516 g/mol. The van der Waals surface area contributed by atoms with Crippen LogP contribution in [0.1, 0.15) is 11.1 Å². The number of hydrogen-bond donors (Lipinski definition) is 0. The van der Waals surface area contributed by atoms with E-state index < -0.39 is 0 Å². The van der Waals surface area contributed by atoms with E-state index in [9.17, 15) is 4.79 Å². The number of halogens is 2. The fourth-order valence-corrected chi connectivity index (χ4v) is 4.34. The monoisotopic (exact) mass is 515 g/mol. The second-order valence-corrected chi connectivity index (χ2v) is 9.76. The normalized spacial score (nSPS) is 14.1. The van der Waals surface area contributed by atoms with Gasteiger partial charge < -0.3 is 0 Å². The number of nitrogens with zero attached hydrogens (tertiary/aromatic N) is 5. The number of aliphatic imine (C=N–C) groups is 1. The Hall–Kier alpha value is -3.58. The van der Waals surface area contributed by atoms with Crippen molar-refractivity contribution >= 4 is 46.5 Å². The Kier molecular flexibility index (Phi) is 6.58. The number of benzene rings is 3. The topological polar surface area (TPSA) is 61.7 Å². The van der Waals surface area contributed by atoms with Gasteiger partial charge >= 0.3 is 0 Å². The van der Waals surface area contributed by atoms with Gasteiger partial charge in [-0.25, -0.2) is 15.0 Å². The molecule has 8 heteroatoms. The molecule has 0 spiro atoms. The third-order valence-electron chi connectivity index (χ3n) is 5.79. The largest absolute Gasteiger partial charge is 0.293 e. The first-order chi connectivity index (χ1) is 17.3. The molecule has 2 heterocycles. The lowest BCUT2D eigenvalue weighted by atomic mass is 10.1. The minimum atomic E-state index is -0.224. The standard InChI is InChI=1S/C28H23Cl2N5O/c1-17-4-6-18(7-5-17)23-15-24(19-8-10-20(29)11-9-19)32-28(31-23)33-26-22-14-21(30)12-13-25(22)35(27(26)36)16-34(2)3/h4-15H,16H2,1-3H3/b33-26-. The van der Waals surface area contributed by atoms with Crippen LogP contribution < -0.4 is 4.90 Å². The van der Waals surface area contributed by atoms with E-state index in [1.54, 1.807) is 17.0 Å². The van der Waals surface area contributed by atoms with Crippen molar-refractivity contribution in [2.45, 2.75) is 6.92 Å². The molecule has 4 aromatic rings. The molecule has 1 aliphatic rings. The Labute approximate surface area is 219 Å². The molecule has 1 aliphatic heterocycles. The molecule has 180 valence electrons. The van der Waals surface area contributed by atoms with Crippen molar-refractivity contribution in [1.29, 1.82) is 0 Å². The number of carbonyl (C=O) groups is 1. The van der Waals surface area contributed by atoms with E-state index in [-0.39, 0.29) is 17.6 Å². The van der Waals surface area contributed by atoms with Crippen LogP contribution in [0.4, 0.5) is 11.6 Å². The van der Waals surface area contributed by atoms with Crippen LogP contribution in [-0.2, 0) is 4.79 Å². The molecule has 0 bridgehead atoms. The molecular formula is C28H23Cl2N5O. The molecule has 0 unspecified atom stereocenters. The summed E-state index contributed by atoms with van der Waals surface area (Å²) in [5, 5.41) is 1.16. The zero-order chi connectivity index (χ0) is 25.4. The number of fused-ring (bicyclic) bond motifs is 1. The highest BCUT2D eigenvalue weighted by atomic mass is 35.5. The Bertz CT molecular complexity index is 1420. The number of aromatic nitrogens is 2. The van der Waals surface area contributed by atoms with Crippen LogP contribution in [-0.4, -0.2) is 47.3 Å². The first-order valence-corrected chi connectivity index (χ1v) is 12.1.